The van der Waals surface area contributed by atoms with Crippen LogP contribution in [0.5, 0.6) is 0 Å². The number of carbonyl (C=O) groups excluding carboxylic acids is 2. The van der Waals surface area contributed by atoms with Crippen LogP contribution in [0.4, 0.5) is 0 Å². The first kappa shape index (κ1) is 20.7. The first-order valence-electron chi connectivity index (χ1n) is 9.57. The van der Waals surface area contributed by atoms with Gasteiger partial charge >= 0.3 is 5.97 Å². The molecule has 27 heavy (non-hydrogen) atoms. The minimum absolute atomic E-state index is 0.00940. The highest BCUT2D eigenvalue weighted by Gasteiger charge is 2.28. The number of amides is 1. The molecule has 1 aromatic carbocycles. The molecule has 2 rings (SSSR count). The zero-order valence-electron chi connectivity index (χ0n) is 16.2. The second-order valence-corrected chi connectivity index (χ2v) is 6.52. The standard InChI is InChI=1S/C20H30N4O3/c1-3-27-19(26)17-10-7-13-24(15-17)20(21-2)22-12-11-18(25)23-14-16-8-5-4-6-9-16/h4-6,8-9,17H,3,7,10-15H2,1-2H3,(H,21,22)(H,23,25). The van der Waals surface area contributed by atoms with Crippen LogP contribution in [0.3, 0.4) is 0 Å². The van der Waals surface area contributed by atoms with Crippen LogP contribution in [0.15, 0.2) is 35.3 Å². The quantitative estimate of drug-likeness (QED) is 0.430. The third-order valence-electron chi connectivity index (χ3n) is 4.52. The van der Waals surface area contributed by atoms with E-state index in [0.29, 0.717) is 32.7 Å². The van der Waals surface area contributed by atoms with Crippen LogP contribution in [0.25, 0.3) is 0 Å². The Bertz CT molecular complexity index is 633. The van der Waals surface area contributed by atoms with Gasteiger partial charge in [-0.1, -0.05) is 30.3 Å². The first-order chi connectivity index (χ1) is 13.1. The molecule has 0 bridgehead atoms. The Hall–Kier alpha value is -2.57. The topological polar surface area (TPSA) is 83.0 Å². The Kier molecular flexibility index (Phi) is 8.61. The molecular formula is C20H30N4O3. The van der Waals surface area contributed by atoms with Crippen LogP contribution in [0.1, 0.15) is 31.7 Å². The van der Waals surface area contributed by atoms with E-state index in [-0.39, 0.29) is 17.8 Å². The van der Waals surface area contributed by atoms with Gasteiger partial charge < -0.3 is 20.3 Å². The summed E-state index contributed by atoms with van der Waals surface area (Å²) in [6, 6.07) is 9.83. The van der Waals surface area contributed by atoms with E-state index in [4.69, 9.17) is 4.74 Å². The second-order valence-electron chi connectivity index (χ2n) is 6.52. The molecule has 0 aromatic heterocycles. The Balaban J connectivity index is 1.73. The van der Waals surface area contributed by atoms with Crippen molar-refractivity contribution in [3.05, 3.63) is 35.9 Å². The Morgan fingerprint density at radius 2 is 2.04 bits per heavy atom. The van der Waals surface area contributed by atoms with Crippen molar-refractivity contribution in [2.45, 2.75) is 32.7 Å². The molecule has 0 radical (unpaired) electrons. The van der Waals surface area contributed by atoms with Crippen molar-refractivity contribution in [2.75, 3.05) is 33.3 Å². The van der Waals surface area contributed by atoms with Crippen LogP contribution in [0.2, 0.25) is 0 Å². The summed E-state index contributed by atoms with van der Waals surface area (Å²) in [6.07, 6.45) is 2.12. The van der Waals surface area contributed by atoms with Gasteiger partial charge in [0.1, 0.15) is 0 Å². The van der Waals surface area contributed by atoms with E-state index >= 15 is 0 Å². The first-order valence-corrected chi connectivity index (χ1v) is 9.57. The van der Waals surface area contributed by atoms with Crippen molar-refractivity contribution in [3.8, 4) is 0 Å². The van der Waals surface area contributed by atoms with Gasteiger partial charge in [0, 0.05) is 39.6 Å². The van der Waals surface area contributed by atoms with Crippen molar-refractivity contribution in [1.29, 1.82) is 0 Å². The van der Waals surface area contributed by atoms with E-state index in [1.165, 1.54) is 0 Å². The SMILES string of the molecule is CCOC(=O)C1CCCN(C(=NC)NCCC(=O)NCc2ccccc2)C1. The molecule has 0 aliphatic carbocycles. The zero-order chi connectivity index (χ0) is 19.5. The molecule has 1 amide bonds. The van der Waals surface area contributed by atoms with Crippen molar-refractivity contribution in [3.63, 3.8) is 0 Å². The highest BCUT2D eigenvalue weighted by molar-refractivity contribution is 5.82. The number of guanidine groups is 1. The van der Waals surface area contributed by atoms with Crippen LogP contribution >= 0.6 is 0 Å². The average molecular weight is 374 g/mol. The van der Waals surface area contributed by atoms with Gasteiger partial charge in [0.25, 0.3) is 0 Å². The van der Waals surface area contributed by atoms with Crippen molar-refractivity contribution >= 4 is 17.8 Å². The molecule has 1 aromatic rings. The van der Waals surface area contributed by atoms with Gasteiger partial charge in [-0.25, -0.2) is 0 Å². The molecule has 1 heterocycles. The third-order valence-corrected chi connectivity index (χ3v) is 4.52. The summed E-state index contributed by atoms with van der Waals surface area (Å²) in [5.74, 6) is 0.453. The summed E-state index contributed by atoms with van der Waals surface area (Å²) in [5, 5.41) is 6.14. The molecule has 1 saturated heterocycles. The summed E-state index contributed by atoms with van der Waals surface area (Å²) in [6.45, 7) is 4.69. The van der Waals surface area contributed by atoms with Crippen molar-refractivity contribution in [1.82, 2.24) is 15.5 Å². The fraction of sp³-hybridized carbons (Fsp3) is 0.550. The maximum atomic E-state index is 12.0. The molecule has 148 valence electrons. The summed E-state index contributed by atoms with van der Waals surface area (Å²) in [5.41, 5.74) is 1.08. The fourth-order valence-corrected chi connectivity index (χ4v) is 3.13. The number of rotatable bonds is 7. The zero-order valence-corrected chi connectivity index (χ0v) is 16.2. The number of ether oxygens (including phenoxy) is 1. The van der Waals surface area contributed by atoms with Crippen molar-refractivity contribution in [2.24, 2.45) is 10.9 Å². The van der Waals surface area contributed by atoms with Gasteiger partial charge in [-0.3, -0.25) is 14.6 Å². The lowest BCUT2D eigenvalue weighted by molar-refractivity contribution is -0.149. The molecule has 2 N–H and O–H groups in total. The van der Waals surface area contributed by atoms with Gasteiger partial charge in [0.2, 0.25) is 5.91 Å². The van der Waals surface area contributed by atoms with Crippen LogP contribution in [-0.4, -0.2) is 56.0 Å². The number of hydrogen-bond donors (Lipinski definition) is 2. The average Bonchev–Trinajstić information content (AvgIpc) is 2.71. The molecule has 1 aliphatic heterocycles. The number of aliphatic imine (C=N–C) groups is 1. The summed E-state index contributed by atoms with van der Waals surface area (Å²) in [7, 11) is 1.71. The predicted molar refractivity (Wildman–Crippen MR) is 105 cm³/mol. The number of likely N-dealkylation sites (tertiary alicyclic amines) is 1. The monoisotopic (exact) mass is 374 g/mol. The van der Waals surface area contributed by atoms with E-state index in [0.717, 1.165) is 30.9 Å². The fourth-order valence-electron chi connectivity index (χ4n) is 3.13. The highest BCUT2D eigenvalue weighted by atomic mass is 16.5. The van der Waals surface area contributed by atoms with Crippen molar-refractivity contribution < 1.29 is 14.3 Å². The molecular weight excluding hydrogens is 344 g/mol. The summed E-state index contributed by atoms with van der Waals surface area (Å²) < 4.78 is 5.14. The number of piperidine rings is 1. The van der Waals surface area contributed by atoms with E-state index in [1.807, 2.05) is 37.3 Å². The summed E-state index contributed by atoms with van der Waals surface area (Å²) in [4.78, 5) is 30.3. The molecule has 0 spiro atoms. The third kappa shape index (κ3) is 6.92. The van der Waals surface area contributed by atoms with E-state index in [1.54, 1.807) is 7.05 Å². The van der Waals surface area contributed by atoms with E-state index in [9.17, 15) is 9.59 Å². The van der Waals surface area contributed by atoms with Gasteiger partial charge in [0.15, 0.2) is 5.96 Å². The Labute approximate surface area is 161 Å². The maximum Gasteiger partial charge on any atom is 0.310 e. The van der Waals surface area contributed by atoms with Gasteiger partial charge in [0.05, 0.1) is 12.5 Å². The van der Waals surface area contributed by atoms with Crippen LogP contribution in [0, 0.1) is 5.92 Å². The summed E-state index contributed by atoms with van der Waals surface area (Å²) >= 11 is 0. The van der Waals surface area contributed by atoms with E-state index in [2.05, 4.69) is 20.5 Å². The van der Waals surface area contributed by atoms with Crippen LogP contribution in [-0.2, 0) is 20.9 Å². The van der Waals surface area contributed by atoms with Crippen LogP contribution < -0.4 is 10.6 Å². The molecule has 1 fully saturated rings. The number of carbonyl (C=O) groups is 2. The number of nitrogens with zero attached hydrogens (tertiary/aromatic N) is 2. The maximum absolute atomic E-state index is 12.0. The molecule has 0 saturated carbocycles. The number of nitrogens with one attached hydrogen (secondary N) is 2. The minimum atomic E-state index is -0.141. The Morgan fingerprint density at radius 1 is 1.26 bits per heavy atom. The number of esters is 1. The van der Waals surface area contributed by atoms with Gasteiger partial charge in [-0.2, -0.15) is 0 Å². The van der Waals surface area contributed by atoms with E-state index < -0.39 is 0 Å². The Morgan fingerprint density at radius 3 is 2.74 bits per heavy atom. The lowest BCUT2D eigenvalue weighted by Gasteiger charge is -2.33. The largest absolute Gasteiger partial charge is 0.466 e. The lowest BCUT2D eigenvalue weighted by atomic mass is 9.98. The molecule has 1 atom stereocenters. The predicted octanol–water partition coefficient (Wildman–Crippen LogP) is 1.54. The van der Waals surface area contributed by atoms with Gasteiger partial charge in [-0.05, 0) is 25.3 Å². The second kappa shape index (κ2) is 11.2. The molecule has 1 aliphatic rings. The highest BCUT2D eigenvalue weighted by Crippen LogP contribution is 2.18. The minimum Gasteiger partial charge on any atom is -0.466 e. The molecule has 7 heteroatoms. The lowest BCUT2D eigenvalue weighted by Crippen LogP contribution is -2.48. The molecule has 7 nitrogen and oxygen atoms in total. The number of hydrogen-bond acceptors (Lipinski definition) is 4. The smallest absolute Gasteiger partial charge is 0.310 e. The molecule has 1 unspecified atom stereocenters. The van der Waals surface area contributed by atoms with Gasteiger partial charge in [-0.15, -0.1) is 0 Å². The normalized spacial score (nSPS) is 17.3. The number of benzene rings is 1.